The highest BCUT2D eigenvalue weighted by atomic mass is 35.5. The van der Waals surface area contributed by atoms with Gasteiger partial charge in [-0.1, -0.05) is 37.6 Å². The predicted molar refractivity (Wildman–Crippen MR) is 121 cm³/mol. The number of pyridine rings is 2. The van der Waals surface area contributed by atoms with Crippen molar-refractivity contribution in [1.29, 1.82) is 0 Å². The van der Waals surface area contributed by atoms with Crippen LogP contribution in [-0.4, -0.2) is 44.5 Å². The first-order valence-corrected chi connectivity index (χ1v) is 10.5. The topological polar surface area (TPSA) is 105 Å². The molecule has 3 heterocycles. The first-order valence-electron chi connectivity index (χ1n) is 10.2. The lowest BCUT2D eigenvalue weighted by Crippen LogP contribution is -2.56. The van der Waals surface area contributed by atoms with Crippen molar-refractivity contribution in [2.24, 2.45) is 5.41 Å². The second-order valence-corrected chi connectivity index (χ2v) is 9.22. The molecular formula is C23H23ClN4O4. The van der Waals surface area contributed by atoms with Crippen LogP contribution in [0, 0.1) is 5.41 Å². The molecule has 0 spiro atoms. The quantitative estimate of drug-likeness (QED) is 0.616. The normalized spacial score (nSPS) is 14.8. The fourth-order valence-corrected chi connectivity index (χ4v) is 3.97. The van der Waals surface area contributed by atoms with Crippen molar-refractivity contribution >= 4 is 34.4 Å². The minimum absolute atomic E-state index is 0.0517. The van der Waals surface area contributed by atoms with E-state index in [-0.39, 0.29) is 41.4 Å². The average molecular weight is 455 g/mol. The van der Waals surface area contributed by atoms with Crippen LogP contribution in [0.3, 0.4) is 0 Å². The van der Waals surface area contributed by atoms with E-state index in [2.05, 4.69) is 24.1 Å². The molecular weight excluding hydrogens is 432 g/mol. The molecule has 0 bridgehead atoms. The summed E-state index contributed by atoms with van der Waals surface area (Å²) < 4.78 is 1.19. The van der Waals surface area contributed by atoms with Gasteiger partial charge in [0.25, 0.3) is 11.5 Å². The number of rotatable bonds is 5. The summed E-state index contributed by atoms with van der Waals surface area (Å²) in [6.45, 7) is 5.31. The number of fused-ring (bicyclic) bond motifs is 1. The molecule has 0 saturated carbocycles. The van der Waals surface area contributed by atoms with E-state index in [1.165, 1.54) is 22.9 Å². The van der Waals surface area contributed by atoms with Gasteiger partial charge in [0.05, 0.1) is 6.20 Å². The van der Waals surface area contributed by atoms with Crippen LogP contribution in [0.2, 0.25) is 5.02 Å². The highest BCUT2D eigenvalue weighted by Gasteiger charge is 2.37. The smallest absolute Gasteiger partial charge is 0.265 e. The third kappa shape index (κ3) is 4.45. The van der Waals surface area contributed by atoms with E-state index in [0.29, 0.717) is 23.5 Å². The minimum Gasteiger partial charge on any atom is -0.506 e. The summed E-state index contributed by atoms with van der Waals surface area (Å²) in [5, 5.41) is 13.5. The molecule has 0 aliphatic carbocycles. The van der Waals surface area contributed by atoms with Crippen LogP contribution in [-0.2, 0) is 17.9 Å². The van der Waals surface area contributed by atoms with E-state index < -0.39 is 11.5 Å². The maximum atomic E-state index is 13.2. The second-order valence-electron chi connectivity index (χ2n) is 8.78. The number of benzene rings is 1. The van der Waals surface area contributed by atoms with Gasteiger partial charge >= 0.3 is 0 Å². The Kier molecular flexibility index (Phi) is 5.64. The zero-order valence-electron chi connectivity index (χ0n) is 17.8. The summed E-state index contributed by atoms with van der Waals surface area (Å²) in [7, 11) is 0. The molecule has 1 saturated heterocycles. The number of hydrogen-bond acceptors (Lipinski definition) is 5. The summed E-state index contributed by atoms with van der Waals surface area (Å²) in [4.78, 5) is 44.5. The molecule has 8 nitrogen and oxygen atoms in total. The van der Waals surface area contributed by atoms with Crippen molar-refractivity contribution in [2.45, 2.75) is 26.9 Å². The lowest BCUT2D eigenvalue weighted by atomic mass is 9.84. The van der Waals surface area contributed by atoms with Gasteiger partial charge in [0.1, 0.15) is 23.5 Å². The molecule has 1 aliphatic heterocycles. The summed E-state index contributed by atoms with van der Waals surface area (Å²) in [6, 6.07) is 9.76. The van der Waals surface area contributed by atoms with Gasteiger partial charge in [-0.05, 0) is 35.2 Å². The van der Waals surface area contributed by atoms with E-state index >= 15 is 0 Å². The highest BCUT2D eigenvalue weighted by Crippen LogP contribution is 2.29. The number of likely N-dealkylation sites (tertiary alicyclic amines) is 1. The van der Waals surface area contributed by atoms with Crippen molar-refractivity contribution in [1.82, 2.24) is 19.8 Å². The van der Waals surface area contributed by atoms with E-state index in [1.54, 1.807) is 29.2 Å². The molecule has 2 N–H and O–H groups in total. The number of aromatic nitrogens is 2. The maximum absolute atomic E-state index is 13.2. The van der Waals surface area contributed by atoms with Crippen molar-refractivity contribution in [3.8, 4) is 5.75 Å². The molecule has 2 amide bonds. The minimum atomic E-state index is -0.613. The van der Waals surface area contributed by atoms with Crippen molar-refractivity contribution in [3.05, 3.63) is 69.1 Å². The van der Waals surface area contributed by atoms with Crippen molar-refractivity contribution in [3.63, 3.8) is 0 Å². The molecule has 166 valence electrons. The molecule has 1 aromatic carbocycles. The van der Waals surface area contributed by atoms with E-state index in [0.717, 1.165) is 5.56 Å². The highest BCUT2D eigenvalue weighted by molar-refractivity contribution is 6.30. The van der Waals surface area contributed by atoms with Gasteiger partial charge in [-0.25, -0.2) is 4.98 Å². The standard InChI is InChI=1S/C23H23ClN4O4/c1-23(2)12-27(13-23)19(30)11-28-20-15(7-17(29)10-25-20)8-18(22(28)32)21(31)26-9-14-3-5-16(24)6-4-14/h3-8,10,29H,9,11-13H2,1-2H3,(H,26,31). The Morgan fingerprint density at radius 3 is 2.53 bits per heavy atom. The molecule has 3 aromatic rings. The predicted octanol–water partition coefficient (Wildman–Crippen LogP) is 2.55. The average Bonchev–Trinajstić information content (AvgIpc) is 2.73. The van der Waals surface area contributed by atoms with Gasteiger partial charge in [0.2, 0.25) is 5.91 Å². The van der Waals surface area contributed by atoms with Gasteiger partial charge in [0, 0.05) is 30.0 Å². The lowest BCUT2D eigenvalue weighted by Gasteiger charge is -2.45. The molecule has 32 heavy (non-hydrogen) atoms. The van der Waals surface area contributed by atoms with Crippen molar-refractivity contribution in [2.75, 3.05) is 13.1 Å². The fourth-order valence-electron chi connectivity index (χ4n) is 3.84. The summed E-state index contributed by atoms with van der Waals surface area (Å²) in [5.41, 5.74) is 0.359. The molecule has 0 radical (unpaired) electrons. The van der Waals surface area contributed by atoms with Crippen LogP contribution < -0.4 is 10.9 Å². The van der Waals surface area contributed by atoms with Crippen molar-refractivity contribution < 1.29 is 14.7 Å². The molecule has 1 fully saturated rings. The number of halogens is 1. The number of aromatic hydroxyl groups is 1. The Labute approximate surface area is 189 Å². The van der Waals surface area contributed by atoms with Gasteiger partial charge in [-0.2, -0.15) is 0 Å². The summed E-state index contributed by atoms with van der Waals surface area (Å²) >= 11 is 5.88. The number of hydrogen-bond donors (Lipinski definition) is 2. The molecule has 4 rings (SSSR count). The number of nitrogens with zero attached hydrogens (tertiary/aromatic N) is 3. The summed E-state index contributed by atoms with van der Waals surface area (Å²) in [5.74, 6) is -0.908. The number of amides is 2. The molecule has 9 heteroatoms. The van der Waals surface area contributed by atoms with E-state index in [4.69, 9.17) is 11.6 Å². The zero-order chi connectivity index (χ0) is 23.0. The Bertz CT molecular complexity index is 1260. The molecule has 0 unspecified atom stereocenters. The maximum Gasteiger partial charge on any atom is 0.265 e. The van der Waals surface area contributed by atoms with E-state index in [9.17, 15) is 19.5 Å². The van der Waals surface area contributed by atoms with Crippen LogP contribution in [0.15, 0.2) is 47.4 Å². The first kappa shape index (κ1) is 21.8. The lowest BCUT2D eigenvalue weighted by molar-refractivity contribution is -0.142. The Balaban J connectivity index is 1.64. The Morgan fingerprint density at radius 2 is 1.88 bits per heavy atom. The largest absolute Gasteiger partial charge is 0.506 e. The van der Waals surface area contributed by atoms with Crippen LogP contribution in [0.5, 0.6) is 5.75 Å². The van der Waals surface area contributed by atoms with Crippen LogP contribution >= 0.6 is 11.6 Å². The van der Waals surface area contributed by atoms with Crippen LogP contribution in [0.25, 0.3) is 11.0 Å². The zero-order valence-corrected chi connectivity index (χ0v) is 18.5. The monoisotopic (exact) mass is 454 g/mol. The van der Waals surface area contributed by atoms with Gasteiger partial charge in [-0.15, -0.1) is 0 Å². The number of nitrogens with one attached hydrogen (secondary N) is 1. The Morgan fingerprint density at radius 1 is 1.19 bits per heavy atom. The van der Waals surface area contributed by atoms with E-state index in [1.807, 2.05) is 0 Å². The van der Waals surface area contributed by atoms with Crippen LogP contribution in [0.1, 0.15) is 29.8 Å². The summed E-state index contributed by atoms with van der Waals surface area (Å²) in [6.07, 6.45) is 1.20. The van der Waals surface area contributed by atoms with Gasteiger partial charge in [0.15, 0.2) is 0 Å². The fraction of sp³-hybridized carbons (Fsp3) is 0.304. The van der Waals surface area contributed by atoms with Gasteiger partial charge in [-0.3, -0.25) is 19.0 Å². The second kappa shape index (κ2) is 8.27. The first-order chi connectivity index (χ1) is 15.1. The third-order valence-electron chi connectivity index (χ3n) is 5.41. The van der Waals surface area contributed by atoms with Gasteiger partial charge < -0.3 is 15.3 Å². The SMILES string of the molecule is CC1(C)CN(C(=O)Cn2c(=O)c(C(=O)NCc3ccc(Cl)cc3)cc3cc(O)cnc32)C1. The molecule has 1 aliphatic rings. The number of carbonyl (C=O) groups excluding carboxylic acids is 2. The van der Waals surface area contributed by atoms with Crippen LogP contribution in [0.4, 0.5) is 0 Å². The number of carbonyl (C=O) groups is 2. The third-order valence-corrected chi connectivity index (χ3v) is 5.66. The Hall–Kier alpha value is -3.39. The molecule has 2 aromatic heterocycles. The molecule has 0 atom stereocenters.